The van der Waals surface area contributed by atoms with Gasteiger partial charge in [-0.2, -0.15) is 0 Å². The third-order valence-corrected chi connectivity index (χ3v) is 5.72. The van der Waals surface area contributed by atoms with Crippen molar-refractivity contribution >= 4 is 23.4 Å². The maximum atomic E-state index is 12.5. The van der Waals surface area contributed by atoms with Crippen molar-refractivity contribution in [3.05, 3.63) is 90.3 Å². The van der Waals surface area contributed by atoms with Gasteiger partial charge in [-0.3, -0.25) is 9.36 Å². The topological polar surface area (TPSA) is 78.3 Å². The fourth-order valence-electron chi connectivity index (χ4n) is 3.13. The van der Waals surface area contributed by atoms with Crippen molar-refractivity contribution in [3.8, 4) is 17.2 Å². The lowest BCUT2D eigenvalue weighted by atomic mass is 10.2. The van der Waals surface area contributed by atoms with Gasteiger partial charge in [0.25, 0.3) is 0 Å². The molecule has 1 aromatic heterocycles. The van der Waals surface area contributed by atoms with Gasteiger partial charge in [0, 0.05) is 17.4 Å². The number of amides is 1. The molecule has 0 atom stereocenters. The zero-order valence-electron chi connectivity index (χ0n) is 18.4. The van der Waals surface area contributed by atoms with Gasteiger partial charge in [0.15, 0.2) is 11.0 Å². The number of carbonyl (C=O) groups is 1. The molecule has 1 N–H and O–H groups in total. The van der Waals surface area contributed by atoms with Crippen molar-refractivity contribution in [1.29, 1.82) is 0 Å². The van der Waals surface area contributed by atoms with E-state index in [1.54, 1.807) is 13.2 Å². The predicted molar refractivity (Wildman–Crippen MR) is 129 cm³/mol. The van der Waals surface area contributed by atoms with Crippen LogP contribution < -0.4 is 14.8 Å². The molecule has 0 radical (unpaired) electrons. The first kappa shape index (κ1) is 22.4. The molecule has 0 saturated heterocycles. The van der Waals surface area contributed by atoms with E-state index in [1.165, 1.54) is 17.3 Å². The highest BCUT2D eigenvalue weighted by Gasteiger charge is 2.16. The molecule has 1 amide bonds. The third-order valence-electron chi connectivity index (χ3n) is 4.79. The van der Waals surface area contributed by atoms with Crippen LogP contribution in [0.3, 0.4) is 0 Å². The second-order valence-corrected chi connectivity index (χ2v) is 8.18. The van der Waals surface area contributed by atoms with Gasteiger partial charge in [0.05, 0.1) is 12.9 Å². The van der Waals surface area contributed by atoms with Crippen LogP contribution >= 0.6 is 11.8 Å². The Bertz CT molecular complexity index is 1210. The van der Waals surface area contributed by atoms with Crippen molar-refractivity contribution in [1.82, 2.24) is 14.8 Å². The van der Waals surface area contributed by atoms with Crippen LogP contribution in [-0.4, -0.2) is 33.5 Å². The minimum Gasteiger partial charge on any atom is -0.497 e. The number of benzene rings is 3. The van der Waals surface area contributed by atoms with Crippen molar-refractivity contribution in [2.24, 2.45) is 0 Å². The molecule has 0 bridgehead atoms. The van der Waals surface area contributed by atoms with E-state index in [9.17, 15) is 4.79 Å². The Labute approximate surface area is 196 Å². The Kier molecular flexibility index (Phi) is 7.26. The number of nitrogens with one attached hydrogen (secondary N) is 1. The SMILES string of the molecule is COc1cccc(NC(=O)CSc2nnc(COc3ccc(C)cc3)n2-c2ccccc2)c1. The molecule has 4 rings (SSSR count). The summed E-state index contributed by atoms with van der Waals surface area (Å²) in [4.78, 5) is 12.5. The molecule has 0 fully saturated rings. The number of rotatable bonds is 9. The van der Waals surface area contributed by atoms with E-state index >= 15 is 0 Å². The van der Waals surface area contributed by atoms with Gasteiger partial charge in [-0.25, -0.2) is 0 Å². The lowest BCUT2D eigenvalue weighted by molar-refractivity contribution is -0.113. The van der Waals surface area contributed by atoms with E-state index in [4.69, 9.17) is 9.47 Å². The van der Waals surface area contributed by atoms with E-state index in [-0.39, 0.29) is 18.3 Å². The first-order valence-electron chi connectivity index (χ1n) is 10.4. The molecule has 0 unspecified atom stereocenters. The average molecular weight is 461 g/mol. The summed E-state index contributed by atoms with van der Waals surface area (Å²) in [5.41, 5.74) is 2.75. The number of ether oxygens (including phenoxy) is 2. The van der Waals surface area contributed by atoms with Crippen LogP contribution in [0.2, 0.25) is 0 Å². The van der Waals surface area contributed by atoms with E-state index in [2.05, 4.69) is 15.5 Å². The summed E-state index contributed by atoms with van der Waals surface area (Å²) in [6.45, 7) is 2.28. The lowest BCUT2D eigenvalue weighted by Crippen LogP contribution is -2.14. The normalized spacial score (nSPS) is 10.6. The molecule has 0 saturated carbocycles. The lowest BCUT2D eigenvalue weighted by Gasteiger charge is -2.11. The zero-order chi connectivity index (χ0) is 23.0. The monoisotopic (exact) mass is 460 g/mol. The summed E-state index contributed by atoms with van der Waals surface area (Å²) >= 11 is 1.31. The molecule has 4 aromatic rings. The Morgan fingerprint density at radius 3 is 2.52 bits per heavy atom. The molecule has 7 nitrogen and oxygen atoms in total. The van der Waals surface area contributed by atoms with Gasteiger partial charge in [0.1, 0.15) is 18.1 Å². The quantitative estimate of drug-likeness (QED) is 0.358. The largest absolute Gasteiger partial charge is 0.497 e. The molecule has 0 aliphatic rings. The molecule has 1 heterocycles. The molecular formula is C25H24N4O3S. The number of hydrogen-bond donors (Lipinski definition) is 1. The molecule has 33 heavy (non-hydrogen) atoms. The first-order chi connectivity index (χ1) is 16.1. The minimum absolute atomic E-state index is 0.145. The summed E-state index contributed by atoms with van der Waals surface area (Å²) in [5, 5.41) is 12.1. The molecule has 0 aliphatic heterocycles. The maximum Gasteiger partial charge on any atom is 0.234 e. The van der Waals surface area contributed by atoms with Crippen molar-refractivity contribution in [3.63, 3.8) is 0 Å². The minimum atomic E-state index is -0.145. The van der Waals surface area contributed by atoms with Gasteiger partial charge in [0.2, 0.25) is 5.91 Å². The summed E-state index contributed by atoms with van der Waals surface area (Å²) < 4.78 is 13.0. The van der Waals surface area contributed by atoms with Crippen LogP contribution in [0.4, 0.5) is 5.69 Å². The number of methoxy groups -OCH3 is 1. The Morgan fingerprint density at radius 1 is 0.970 bits per heavy atom. The van der Waals surface area contributed by atoms with E-state index in [1.807, 2.05) is 84.3 Å². The highest BCUT2D eigenvalue weighted by atomic mass is 32.2. The highest BCUT2D eigenvalue weighted by Crippen LogP contribution is 2.24. The van der Waals surface area contributed by atoms with Gasteiger partial charge in [-0.15, -0.1) is 10.2 Å². The van der Waals surface area contributed by atoms with Gasteiger partial charge < -0.3 is 14.8 Å². The van der Waals surface area contributed by atoms with E-state index in [0.29, 0.717) is 22.4 Å². The summed E-state index contributed by atoms with van der Waals surface area (Å²) in [6, 6.07) is 24.9. The molecule has 8 heteroatoms. The predicted octanol–water partition coefficient (Wildman–Crippen LogP) is 4.89. The van der Waals surface area contributed by atoms with Crippen molar-refractivity contribution in [2.45, 2.75) is 18.7 Å². The summed E-state index contributed by atoms with van der Waals surface area (Å²) in [7, 11) is 1.59. The maximum absolute atomic E-state index is 12.5. The zero-order valence-corrected chi connectivity index (χ0v) is 19.2. The Morgan fingerprint density at radius 2 is 1.76 bits per heavy atom. The smallest absolute Gasteiger partial charge is 0.234 e. The fraction of sp³-hybridized carbons (Fsp3) is 0.160. The third kappa shape index (κ3) is 5.93. The second kappa shape index (κ2) is 10.7. The van der Waals surface area contributed by atoms with Crippen LogP contribution in [0, 0.1) is 6.92 Å². The Hall–Kier alpha value is -3.78. The number of aryl methyl sites for hydroxylation is 1. The number of nitrogens with zero attached hydrogens (tertiary/aromatic N) is 3. The molecule has 168 valence electrons. The highest BCUT2D eigenvalue weighted by molar-refractivity contribution is 7.99. The van der Waals surface area contributed by atoms with E-state index < -0.39 is 0 Å². The number of anilines is 1. The van der Waals surface area contributed by atoms with Crippen LogP contribution in [-0.2, 0) is 11.4 Å². The fourth-order valence-corrected chi connectivity index (χ4v) is 3.90. The molecular weight excluding hydrogens is 436 g/mol. The van der Waals surface area contributed by atoms with Crippen LogP contribution in [0.25, 0.3) is 5.69 Å². The standard InChI is InChI=1S/C25H24N4O3S/c1-18-11-13-21(14-12-18)32-16-23-27-28-25(29(23)20-8-4-3-5-9-20)33-17-24(30)26-19-7-6-10-22(15-19)31-2/h3-15H,16-17H2,1-2H3,(H,26,30). The summed E-state index contributed by atoms with van der Waals surface area (Å²) in [6.07, 6.45) is 0. The number of thioether (sulfide) groups is 1. The first-order valence-corrected chi connectivity index (χ1v) is 11.4. The molecule has 3 aromatic carbocycles. The number of para-hydroxylation sites is 1. The van der Waals surface area contributed by atoms with Crippen LogP contribution in [0.5, 0.6) is 11.5 Å². The van der Waals surface area contributed by atoms with Crippen LogP contribution in [0.15, 0.2) is 84.0 Å². The summed E-state index contributed by atoms with van der Waals surface area (Å²) in [5.74, 6) is 2.13. The number of carbonyl (C=O) groups excluding carboxylic acids is 1. The van der Waals surface area contributed by atoms with Gasteiger partial charge in [-0.05, 0) is 43.3 Å². The number of hydrogen-bond acceptors (Lipinski definition) is 6. The Balaban J connectivity index is 1.47. The number of aromatic nitrogens is 3. The van der Waals surface area contributed by atoms with Gasteiger partial charge >= 0.3 is 0 Å². The molecule has 0 aliphatic carbocycles. The average Bonchev–Trinajstić information content (AvgIpc) is 3.26. The van der Waals surface area contributed by atoms with Crippen LogP contribution in [0.1, 0.15) is 11.4 Å². The van der Waals surface area contributed by atoms with Gasteiger partial charge in [-0.1, -0.05) is 53.7 Å². The van der Waals surface area contributed by atoms with E-state index in [0.717, 1.165) is 11.4 Å². The second-order valence-electron chi connectivity index (χ2n) is 7.24. The van der Waals surface area contributed by atoms with Crippen molar-refractivity contribution < 1.29 is 14.3 Å². The molecule has 0 spiro atoms. The van der Waals surface area contributed by atoms with Crippen molar-refractivity contribution in [2.75, 3.05) is 18.2 Å².